The van der Waals surface area contributed by atoms with Crippen molar-refractivity contribution in [3.8, 4) is 0 Å². The lowest BCUT2D eigenvalue weighted by atomic mass is 10.2. The van der Waals surface area contributed by atoms with Gasteiger partial charge >= 0.3 is 15.7 Å². The van der Waals surface area contributed by atoms with Crippen LogP contribution >= 0.6 is 11.3 Å². The summed E-state index contributed by atoms with van der Waals surface area (Å²) in [7, 11) is 0. The molecule has 2 N–H and O–H groups in total. The van der Waals surface area contributed by atoms with Gasteiger partial charge in [0.2, 0.25) is 0 Å². The quantitative estimate of drug-likeness (QED) is 0.707. The molecule has 1 aliphatic heterocycles. The molecule has 0 saturated heterocycles. The first kappa shape index (κ1) is 8.43. The first-order valence-corrected chi connectivity index (χ1v) is 6.72. The van der Waals surface area contributed by atoms with Crippen molar-refractivity contribution in [1.82, 2.24) is 0 Å². The normalized spacial score (nSPS) is 13.2. The van der Waals surface area contributed by atoms with Gasteiger partial charge in [-0.3, -0.25) is 0 Å². The SMILES string of the molecule is CCc1sc(CC)c2c1[NH][AlH][NH]2. The van der Waals surface area contributed by atoms with E-state index in [1.807, 2.05) is 11.3 Å². The Hall–Kier alpha value is -0.168. The monoisotopic (exact) mass is 196 g/mol. The van der Waals surface area contributed by atoms with E-state index < -0.39 is 0 Å². The van der Waals surface area contributed by atoms with Gasteiger partial charge in [0.05, 0.1) is 0 Å². The number of hydrogen-bond donors (Lipinski definition) is 2. The molecular weight excluding hydrogens is 183 g/mol. The molecule has 0 saturated carbocycles. The van der Waals surface area contributed by atoms with Crippen LogP contribution in [0.4, 0.5) is 11.4 Å². The predicted molar refractivity (Wildman–Crippen MR) is 57.5 cm³/mol. The molecule has 0 aromatic carbocycles. The van der Waals surface area contributed by atoms with E-state index >= 15 is 0 Å². The largest absolute Gasteiger partial charge is 0.543 e. The number of nitrogens with one attached hydrogen (secondary N) is 2. The van der Waals surface area contributed by atoms with Crippen molar-refractivity contribution in [3.05, 3.63) is 9.75 Å². The van der Waals surface area contributed by atoms with Crippen LogP contribution < -0.4 is 8.60 Å². The Morgan fingerprint density at radius 1 is 1.08 bits per heavy atom. The van der Waals surface area contributed by atoms with E-state index in [-0.39, 0.29) is 15.7 Å². The van der Waals surface area contributed by atoms with E-state index in [0.717, 1.165) is 12.8 Å². The second kappa shape index (κ2) is 3.29. The number of thiophene rings is 1. The molecule has 4 heteroatoms. The Kier molecular flexibility index (Phi) is 2.31. The van der Waals surface area contributed by atoms with Gasteiger partial charge in [-0.05, 0) is 12.8 Å². The van der Waals surface area contributed by atoms with Gasteiger partial charge in [0.1, 0.15) is 0 Å². The number of hydrogen-bond acceptors (Lipinski definition) is 3. The lowest BCUT2D eigenvalue weighted by molar-refractivity contribution is 1.19. The van der Waals surface area contributed by atoms with Gasteiger partial charge in [-0.15, -0.1) is 11.3 Å². The van der Waals surface area contributed by atoms with Crippen molar-refractivity contribution in [3.63, 3.8) is 0 Å². The molecule has 0 atom stereocenters. The minimum absolute atomic E-state index is 0.223. The fourth-order valence-electron chi connectivity index (χ4n) is 1.62. The zero-order valence-electron chi connectivity index (χ0n) is 7.53. The van der Waals surface area contributed by atoms with Crippen molar-refractivity contribution in [2.24, 2.45) is 0 Å². The molecule has 1 aliphatic rings. The summed E-state index contributed by atoms with van der Waals surface area (Å²) in [6.45, 7) is 4.46. The van der Waals surface area contributed by atoms with E-state index in [1.165, 1.54) is 21.1 Å². The molecule has 2 rings (SSSR count). The second-order valence-corrected chi connectivity index (χ2v) is 5.19. The standard InChI is InChI=1S/C8H12N2S.Al.H/c1-3-5-7(9)8(10)6(4-2)11-5;;/h9-10H,3-4H2,1-2H3;;/q-2;+2;. The highest BCUT2D eigenvalue weighted by atomic mass is 32.1. The lowest BCUT2D eigenvalue weighted by Gasteiger charge is -1.96. The molecule has 1 aromatic rings. The molecule has 64 valence electrons. The summed E-state index contributed by atoms with van der Waals surface area (Å²) < 4.78 is 7.03. The minimum atomic E-state index is -0.223. The number of fused-ring (bicyclic) bond motifs is 1. The maximum absolute atomic E-state index is 3.51. The van der Waals surface area contributed by atoms with Gasteiger partial charge in [-0.2, -0.15) is 0 Å². The Bertz CT molecular complexity index is 269. The molecule has 0 radical (unpaired) electrons. The van der Waals surface area contributed by atoms with Crippen molar-refractivity contribution < 1.29 is 0 Å². The molecule has 0 unspecified atom stereocenters. The molecule has 12 heavy (non-hydrogen) atoms. The van der Waals surface area contributed by atoms with Gasteiger partial charge in [-0.1, -0.05) is 13.8 Å². The van der Waals surface area contributed by atoms with E-state index in [1.54, 1.807) is 0 Å². The summed E-state index contributed by atoms with van der Waals surface area (Å²) in [4.78, 5) is 3.05. The van der Waals surface area contributed by atoms with E-state index in [4.69, 9.17) is 0 Å². The van der Waals surface area contributed by atoms with Gasteiger partial charge in [-0.25, -0.2) is 0 Å². The maximum atomic E-state index is 3.51. The molecule has 1 aromatic heterocycles. The summed E-state index contributed by atoms with van der Waals surface area (Å²) in [5.74, 6) is 0. The lowest BCUT2D eigenvalue weighted by Crippen LogP contribution is -2.07. The molecule has 2 nitrogen and oxygen atoms in total. The molecule has 0 fully saturated rings. The summed E-state index contributed by atoms with van der Waals surface area (Å²) in [6.07, 6.45) is 2.33. The third-order valence-electron chi connectivity index (χ3n) is 2.23. The van der Waals surface area contributed by atoms with E-state index in [9.17, 15) is 0 Å². The van der Waals surface area contributed by atoms with Gasteiger partial charge in [0, 0.05) is 21.1 Å². The maximum Gasteiger partial charge on any atom is 0.543 e. The summed E-state index contributed by atoms with van der Waals surface area (Å²) >= 11 is 1.74. The van der Waals surface area contributed by atoms with Crippen molar-refractivity contribution >= 4 is 38.4 Å². The smallest absolute Gasteiger partial charge is 0.459 e. The molecule has 0 amide bonds. The van der Waals surface area contributed by atoms with Crippen LogP contribution in [0.5, 0.6) is 0 Å². The van der Waals surface area contributed by atoms with E-state index in [2.05, 4.69) is 22.4 Å². The minimum Gasteiger partial charge on any atom is -0.459 e. The zero-order chi connectivity index (χ0) is 8.55. The van der Waals surface area contributed by atoms with Crippen LogP contribution in [0, 0.1) is 0 Å². The third kappa shape index (κ3) is 1.15. The van der Waals surface area contributed by atoms with Crippen LogP contribution in [0.2, 0.25) is 0 Å². The average Bonchev–Trinajstić information content (AvgIpc) is 2.63. The first-order chi connectivity index (χ1) is 5.86. The van der Waals surface area contributed by atoms with Crippen molar-refractivity contribution in [1.29, 1.82) is 0 Å². The van der Waals surface area contributed by atoms with Crippen LogP contribution in [0.1, 0.15) is 23.6 Å². The topological polar surface area (TPSA) is 24.1 Å². The fraction of sp³-hybridized carbons (Fsp3) is 0.500. The third-order valence-corrected chi connectivity index (χ3v) is 4.77. The number of anilines is 2. The van der Waals surface area contributed by atoms with Crippen LogP contribution in [-0.2, 0) is 12.8 Å². The highest BCUT2D eigenvalue weighted by Gasteiger charge is 2.20. The van der Waals surface area contributed by atoms with Gasteiger partial charge in [0.25, 0.3) is 0 Å². The van der Waals surface area contributed by atoms with Crippen LogP contribution in [-0.4, -0.2) is 15.7 Å². The molecular formula is C8H13AlN2S. The predicted octanol–water partition coefficient (Wildman–Crippen LogP) is 1.98. The average molecular weight is 196 g/mol. The molecule has 0 spiro atoms. The number of rotatable bonds is 2. The molecule has 0 bridgehead atoms. The highest BCUT2D eigenvalue weighted by molar-refractivity contribution is 7.13. The first-order valence-electron chi connectivity index (χ1n) is 4.49. The van der Waals surface area contributed by atoms with Crippen LogP contribution in [0.15, 0.2) is 0 Å². The van der Waals surface area contributed by atoms with Gasteiger partial charge in [0.15, 0.2) is 0 Å². The Labute approximate surface area is 83.5 Å². The summed E-state index contributed by atoms with van der Waals surface area (Å²) in [6, 6.07) is 0. The van der Waals surface area contributed by atoms with E-state index in [0.29, 0.717) is 0 Å². The number of aryl methyl sites for hydroxylation is 2. The Morgan fingerprint density at radius 3 is 2.00 bits per heavy atom. The zero-order valence-corrected chi connectivity index (χ0v) is 9.76. The van der Waals surface area contributed by atoms with Crippen LogP contribution in [0.3, 0.4) is 0 Å². The highest BCUT2D eigenvalue weighted by Crippen LogP contribution is 2.40. The van der Waals surface area contributed by atoms with Crippen molar-refractivity contribution in [2.45, 2.75) is 26.7 Å². The molecule has 0 aliphatic carbocycles. The summed E-state index contributed by atoms with van der Waals surface area (Å²) in [5, 5.41) is 0. The fourth-order valence-corrected chi connectivity index (χ4v) is 4.24. The van der Waals surface area contributed by atoms with Crippen LogP contribution in [0.25, 0.3) is 0 Å². The second-order valence-electron chi connectivity index (χ2n) is 2.94. The Morgan fingerprint density at radius 2 is 1.58 bits per heavy atom. The summed E-state index contributed by atoms with van der Waals surface area (Å²) in [5.41, 5.74) is 2.84. The van der Waals surface area contributed by atoms with Gasteiger partial charge < -0.3 is 8.60 Å². The molecule has 2 heterocycles. The Balaban J connectivity index is 2.47. The van der Waals surface area contributed by atoms with Crippen molar-refractivity contribution in [2.75, 3.05) is 8.60 Å².